The van der Waals surface area contributed by atoms with E-state index in [1.165, 1.54) is 25.0 Å². The van der Waals surface area contributed by atoms with Crippen LogP contribution in [0.2, 0.25) is 0 Å². The molecule has 0 bridgehead atoms. The van der Waals surface area contributed by atoms with E-state index in [2.05, 4.69) is 5.32 Å². The molecule has 1 aliphatic rings. The molecule has 1 aliphatic heterocycles. The second-order valence-electron chi connectivity index (χ2n) is 4.79. The molecule has 1 saturated heterocycles. The first-order valence-electron chi connectivity index (χ1n) is 6.62. The maximum Gasteiger partial charge on any atom is 0.252 e. The summed E-state index contributed by atoms with van der Waals surface area (Å²) in [5, 5.41) is 3.42. The summed E-state index contributed by atoms with van der Waals surface area (Å²) < 4.78 is 18.6. The first-order chi connectivity index (χ1) is 9.16. The minimum Gasteiger partial charge on any atom is -0.493 e. The SMILES string of the molecule is NC(=O)c1cc(F)ccc1OCCC1CCCCN1. The molecule has 1 amide bonds. The molecule has 0 aromatic heterocycles. The number of piperidine rings is 1. The van der Waals surface area contributed by atoms with Gasteiger partial charge in [0.2, 0.25) is 0 Å². The third kappa shape index (κ3) is 3.92. The summed E-state index contributed by atoms with van der Waals surface area (Å²) >= 11 is 0. The predicted molar refractivity (Wildman–Crippen MR) is 70.7 cm³/mol. The van der Waals surface area contributed by atoms with Crippen molar-refractivity contribution in [3.05, 3.63) is 29.6 Å². The van der Waals surface area contributed by atoms with Crippen molar-refractivity contribution < 1.29 is 13.9 Å². The van der Waals surface area contributed by atoms with Crippen molar-refractivity contribution in [2.45, 2.75) is 31.7 Å². The van der Waals surface area contributed by atoms with Gasteiger partial charge in [0.05, 0.1) is 12.2 Å². The van der Waals surface area contributed by atoms with E-state index in [-0.39, 0.29) is 5.56 Å². The highest BCUT2D eigenvalue weighted by Gasteiger charge is 2.14. The fourth-order valence-corrected chi connectivity index (χ4v) is 2.30. The van der Waals surface area contributed by atoms with Gasteiger partial charge in [-0.05, 0) is 44.0 Å². The van der Waals surface area contributed by atoms with Crippen molar-refractivity contribution in [1.29, 1.82) is 0 Å². The molecule has 2 rings (SSSR count). The van der Waals surface area contributed by atoms with E-state index < -0.39 is 11.7 Å². The Hall–Kier alpha value is -1.62. The Morgan fingerprint density at radius 1 is 1.47 bits per heavy atom. The molecular formula is C14H19FN2O2. The van der Waals surface area contributed by atoms with Gasteiger partial charge in [-0.3, -0.25) is 4.79 Å². The summed E-state index contributed by atoms with van der Waals surface area (Å²) in [6.45, 7) is 1.54. The summed E-state index contributed by atoms with van der Waals surface area (Å²) in [7, 11) is 0. The molecule has 19 heavy (non-hydrogen) atoms. The van der Waals surface area contributed by atoms with Gasteiger partial charge in [0.15, 0.2) is 0 Å². The zero-order chi connectivity index (χ0) is 13.7. The molecule has 1 atom stereocenters. The highest BCUT2D eigenvalue weighted by atomic mass is 19.1. The summed E-state index contributed by atoms with van der Waals surface area (Å²) in [5.74, 6) is -0.815. The Kier molecular flexibility index (Phi) is 4.74. The summed E-state index contributed by atoms with van der Waals surface area (Å²) in [4.78, 5) is 11.2. The number of nitrogens with two attached hydrogens (primary N) is 1. The van der Waals surface area contributed by atoms with Crippen molar-refractivity contribution in [2.75, 3.05) is 13.2 Å². The van der Waals surface area contributed by atoms with Crippen molar-refractivity contribution in [2.24, 2.45) is 5.73 Å². The van der Waals surface area contributed by atoms with Gasteiger partial charge in [-0.15, -0.1) is 0 Å². The van der Waals surface area contributed by atoms with E-state index in [0.29, 0.717) is 18.4 Å². The number of primary amides is 1. The largest absolute Gasteiger partial charge is 0.493 e. The smallest absolute Gasteiger partial charge is 0.252 e. The Labute approximate surface area is 112 Å². The van der Waals surface area contributed by atoms with E-state index in [1.807, 2.05) is 0 Å². The van der Waals surface area contributed by atoms with E-state index >= 15 is 0 Å². The van der Waals surface area contributed by atoms with Crippen molar-refractivity contribution in [3.8, 4) is 5.75 Å². The first-order valence-corrected chi connectivity index (χ1v) is 6.62. The maximum absolute atomic E-state index is 13.0. The van der Waals surface area contributed by atoms with Crippen LogP contribution in [0.5, 0.6) is 5.75 Å². The van der Waals surface area contributed by atoms with Crippen LogP contribution in [0, 0.1) is 5.82 Å². The number of carbonyl (C=O) groups is 1. The topological polar surface area (TPSA) is 64.4 Å². The lowest BCUT2D eigenvalue weighted by Gasteiger charge is -2.23. The lowest BCUT2D eigenvalue weighted by Crippen LogP contribution is -2.35. The molecule has 0 spiro atoms. The van der Waals surface area contributed by atoms with E-state index in [9.17, 15) is 9.18 Å². The molecular weight excluding hydrogens is 247 g/mol. The Morgan fingerprint density at radius 3 is 3.00 bits per heavy atom. The van der Waals surface area contributed by atoms with Crippen molar-refractivity contribution in [3.63, 3.8) is 0 Å². The fourth-order valence-electron chi connectivity index (χ4n) is 2.30. The molecule has 1 heterocycles. The fraction of sp³-hybridized carbons (Fsp3) is 0.500. The molecule has 1 fully saturated rings. The number of rotatable bonds is 5. The van der Waals surface area contributed by atoms with Gasteiger partial charge in [-0.1, -0.05) is 6.42 Å². The van der Waals surface area contributed by atoms with Crippen LogP contribution < -0.4 is 15.8 Å². The van der Waals surface area contributed by atoms with Crippen LogP contribution in [-0.2, 0) is 0 Å². The molecule has 3 N–H and O–H groups in total. The second-order valence-corrected chi connectivity index (χ2v) is 4.79. The molecule has 0 saturated carbocycles. The summed E-state index contributed by atoms with van der Waals surface area (Å²) in [6, 6.07) is 4.28. The van der Waals surface area contributed by atoms with Gasteiger partial charge in [0.25, 0.3) is 5.91 Å². The van der Waals surface area contributed by atoms with Crippen LogP contribution in [0.15, 0.2) is 18.2 Å². The quantitative estimate of drug-likeness (QED) is 0.854. The second kappa shape index (κ2) is 6.52. The standard InChI is InChI=1S/C14H19FN2O2/c15-10-4-5-13(12(9-10)14(16)18)19-8-6-11-3-1-2-7-17-11/h4-5,9,11,17H,1-3,6-8H2,(H2,16,18). The lowest BCUT2D eigenvalue weighted by atomic mass is 10.0. The number of halogens is 1. The van der Waals surface area contributed by atoms with Crippen LogP contribution in [0.4, 0.5) is 4.39 Å². The number of nitrogens with one attached hydrogen (secondary N) is 1. The Bertz CT molecular complexity index is 445. The van der Waals surface area contributed by atoms with Crippen LogP contribution in [-0.4, -0.2) is 25.1 Å². The zero-order valence-electron chi connectivity index (χ0n) is 10.8. The average molecular weight is 266 g/mol. The molecule has 1 aromatic rings. The minimum atomic E-state index is -0.676. The van der Waals surface area contributed by atoms with Gasteiger partial charge in [-0.25, -0.2) is 4.39 Å². The third-order valence-electron chi connectivity index (χ3n) is 3.34. The number of benzene rings is 1. The normalized spacial score (nSPS) is 19.1. The molecule has 0 radical (unpaired) electrons. The molecule has 4 nitrogen and oxygen atoms in total. The molecule has 5 heteroatoms. The predicted octanol–water partition coefficient (Wildman–Crippen LogP) is 1.84. The van der Waals surface area contributed by atoms with Crippen molar-refractivity contribution >= 4 is 5.91 Å². The van der Waals surface area contributed by atoms with Gasteiger partial charge in [-0.2, -0.15) is 0 Å². The van der Waals surface area contributed by atoms with E-state index in [4.69, 9.17) is 10.5 Å². The van der Waals surface area contributed by atoms with Crippen LogP contribution in [0.1, 0.15) is 36.0 Å². The van der Waals surface area contributed by atoms with Gasteiger partial charge < -0.3 is 15.8 Å². The minimum absolute atomic E-state index is 0.0941. The zero-order valence-corrected chi connectivity index (χ0v) is 10.8. The number of hydrogen-bond donors (Lipinski definition) is 2. The van der Waals surface area contributed by atoms with E-state index in [1.54, 1.807) is 0 Å². The van der Waals surface area contributed by atoms with Crippen molar-refractivity contribution in [1.82, 2.24) is 5.32 Å². The summed E-state index contributed by atoms with van der Waals surface area (Å²) in [5.41, 5.74) is 5.29. The highest BCUT2D eigenvalue weighted by molar-refractivity contribution is 5.95. The lowest BCUT2D eigenvalue weighted by molar-refractivity contribution is 0.0995. The average Bonchev–Trinajstić information content (AvgIpc) is 2.41. The Balaban J connectivity index is 1.89. The van der Waals surface area contributed by atoms with Gasteiger partial charge in [0, 0.05) is 6.04 Å². The summed E-state index contributed by atoms with van der Waals surface area (Å²) in [6.07, 6.45) is 4.48. The van der Waals surface area contributed by atoms with Crippen LogP contribution in [0.25, 0.3) is 0 Å². The first kappa shape index (κ1) is 13.8. The number of ether oxygens (including phenoxy) is 1. The maximum atomic E-state index is 13.0. The number of hydrogen-bond acceptors (Lipinski definition) is 3. The monoisotopic (exact) mass is 266 g/mol. The molecule has 104 valence electrons. The van der Waals surface area contributed by atoms with Gasteiger partial charge >= 0.3 is 0 Å². The van der Waals surface area contributed by atoms with Crippen LogP contribution in [0.3, 0.4) is 0 Å². The highest BCUT2D eigenvalue weighted by Crippen LogP contribution is 2.20. The van der Waals surface area contributed by atoms with E-state index in [0.717, 1.165) is 25.5 Å². The third-order valence-corrected chi connectivity index (χ3v) is 3.34. The van der Waals surface area contributed by atoms with Crippen LogP contribution >= 0.6 is 0 Å². The number of amides is 1. The molecule has 0 aliphatic carbocycles. The number of carbonyl (C=O) groups excluding carboxylic acids is 1. The molecule has 1 aromatic carbocycles. The molecule has 1 unspecified atom stereocenters. The Morgan fingerprint density at radius 2 is 2.32 bits per heavy atom. The van der Waals surface area contributed by atoms with Gasteiger partial charge in [0.1, 0.15) is 11.6 Å².